The molecule has 0 bridgehead atoms. The fourth-order valence-corrected chi connectivity index (χ4v) is 3.82. The molecule has 0 spiro atoms. The third-order valence-electron chi connectivity index (χ3n) is 2.46. The van der Waals surface area contributed by atoms with Crippen LogP contribution in [0.2, 0.25) is 5.02 Å². The Bertz CT molecular complexity index is 708. The van der Waals surface area contributed by atoms with Crippen LogP contribution >= 0.6 is 27.5 Å². The minimum absolute atomic E-state index is 0.0671. The van der Waals surface area contributed by atoms with Crippen LogP contribution < -0.4 is 4.72 Å². The average molecular weight is 365 g/mol. The molecule has 0 saturated heterocycles. The van der Waals surface area contributed by atoms with E-state index in [1.807, 2.05) is 13.0 Å². The Morgan fingerprint density at radius 2 is 2.11 bits per heavy atom. The molecule has 0 saturated carbocycles. The lowest BCUT2D eigenvalue weighted by Crippen LogP contribution is -2.17. The van der Waals surface area contributed by atoms with Gasteiger partial charge in [0.2, 0.25) is 0 Å². The summed E-state index contributed by atoms with van der Waals surface area (Å²) in [7, 11) is -2.26. The number of nitrogens with zero attached hydrogens (tertiary/aromatic N) is 2. The van der Waals surface area contributed by atoms with Gasteiger partial charge in [0, 0.05) is 11.5 Å². The number of aromatic nitrogens is 2. The second-order valence-corrected chi connectivity index (χ2v) is 6.87. The summed E-state index contributed by atoms with van der Waals surface area (Å²) in [5, 5.41) is 3.83. The molecule has 19 heavy (non-hydrogen) atoms. The van der Waals surface area contributed by atoms with E-state index in [0.29, 0.717) is 10.2 Å². The molecule has 0 unspecified atom stereocenters. The largest absolute Gasteiger partial charge is 0.280 e. The SMILES string of the molecule is Cc1ccc(Br)c(NS(=O)(=O)c2c(Cl)cnn2C)c1. The fourth-order valence-electron chi connectivity index (χ4n) is 1.61. The molecule has 0 aliphatic heterocycles. The van der Waals surface area contributed by atoms with Crippen LogP contribution in [0, 0.1) is 6.92 Å². The molecular formula is C11H11BrClN3O2S. The van der Waals surface area contributed by atoms with Crippen LogP contribution in [0.4, 0.5) is 5.69 Å². The summed E-state index contributed by atoms with van der Waals surface area (Å²) in [4.78, 5) is 0. The molecule has 0 atom stereocenters. The molecule has 102 valence electrons. The number of benzene rings is 1. The summed E-state index contributed by atoms with van der Waals surface area (Å²) in [5.41, 5.74) is 1.40. The Morgan fingerprint density at radius 3 is 2.68 bits per heavy atom. The quantitative estimate of drug-likeness (QED) is 0.910. The van der Waals surface area contributed by atoms with E-state index < -0.39 is 10.0 Å². The number of anilines is 1. The van der Waals surface area contributed by atoms with Crippen LogP contribution in [0.5, 0.6) is 0 Å². The number of rotatable bonds is 3. The molecule has 0 aliphatic rings. The van der Waals surface area contributed by atoms with E-state index in [-0.39, 0.29) is 10.0 Å². The van der Waals surface area contributed by atoms with Gasteiger partial charge >= 0.3 is 0 Å². The second kappa shape index (κ2) is 5.15. The number of sulfonamides is 1. The van der Waals surface area contributed by atoms with Crippen molar-refractivity contribution in [1.82, 2.24) is 9.78 Å². The van der Waals surface area contributed by atoms with Crippen molar-refractivity contribution in [1.29, 1.82) is 0 Å². The van der Waals surface area contributed by atoms with E-state index in [4.69, 9.17) is 11.6 Å². The first-order chi connectivity index (χ1) is 8.81. The van der Waals surface area contributed by atoms with Crippen LogP contribution in [-0.2, 0) is 17.1 Å². The van der Waals surface area contributed by atoms with Crippen molar-refractivity contribution in [3.63, 3.8) is 0 Å². The Morgan fingerprint density at radius 1 is 1.42 bits per heavy atom. The average Bonchev–Trinajstić information content (AvgIpc) is 2.64. The predicted molar refractivity (Wildman–Crippen MR) is 77.9 cm³/mol. The van der Waals surface area contributed by atoms with Crippen molar-refractivity contribution < 1.29 is 8.42 Å². The molecule has 1 N–H and O–H groups in total. The van der Waals surface area contributed by atoms with E-state index >= 15 is 0 Å². The Balaban J connectivity index is 2.45. The standard InChI is InChI=1S/C11H11BrClN3O2S/c1-7-3-4-8(12)10(5-7)15-19(17,18)11-9(13)6-14-16(11)2/h3-6,15H,1-2H3. The molecule has 2 rings (SSSR count). The van der Waals surface area contributed by atoms with E-state index in [0.717, 1.165) is 5.56 Å². The van der Waals surface area contributed by atoms with Crippen LogP contribution in [0.15, 0.2) is 33.9 Å². The fraction of sp³-hybridized carbons (Fsp3) is 0.182. The van der Waals surface area contributed by atoms with Crippen molar-refractivity contribution in [2.24, 2.45) is 7.05 Å². The summed E-state index contributed by atoms with van der Waals surface area (Å²) in [5.74, 6) is 0. The highest BCUT2D eigenvalue weighted by Crippen LogP contribution is 2.28. The highest BCUT2D eigenvalue weighted by molar-refractivity contribution is 9.10. The molecule has 1 heterocycles. The minimum Gasteiger partial charge on any atom is -0.277 e. The normalized spacial score (nSPS) is 11.6. The van der Waals surface area contributed by atoms with Crippen LogP contribution in [-0.4, -0.2) is 18.2 Å². The molecule has 2 aromatic rings. The zero-order valence-corrected chi connectivity index (χ0v) is 13.3. The molecular weight excluding hydrogens is 354 g/mol. The van der Waals surface area contributed by atoms with Gasteiger partial charge in [0.05, 0.1) is 16.9 Å². The number of nitrogens with one attached hydrogen (secondary N) is 1. The zero-order valence-electron chi connectivity index (χ0n) is 10.2. The Hall–Kier alpha value is -1.05. The number of aryl methyl sites for hydroxylation is 2. The van der Waals surface area contributed by atoms with Crippen molar-refractivity contribution in [3.8, 4) is 0 Å². The van der Waals surface area contributed by atoms with E-state index in [1.54, 1.807) is 12.1 Å². The van der Waals surface area contributed by atoms with E-state index in [2.05, 4.69) is 25.8 Å². The van der Waals surface area contributed by atoms with Gasteiger partial charge in [-0.1, -0.05) is 17.7 Å². The summed E-state index contributed by atoms with van der Waals surface area (Å²) >= 11 is 9.15. The lowest BCUT2D eigenvalue weighted by atomic mass is 10.2. The molecule has 0 amide bonds. The highest BCUT2D eigenvalue weighted by atomic mass is 79.9. The third kappa shape index (κ3) is 2.93. The van der Waals surface area contributed by atoms with Gasteiger partial charge in [0.15, 0.2) is 5.03 Å². The van der Waals surface area contributed by atoms with Crippen molar-refractivity contribution in [2.45, 2.75) is 11.9 Å². The molecule has 1 aromatic heterocycles. The van der Waals surface area contributed by atoms with Gasteiger partial charge in [-0.15, -0.1) is 0 Å². The molecule has 0 fully saturated rings. The first kappa shape index (κ1) is 14.4. The summed E-state index contributed by atoms with van der Waals surface area (Å²) < 4.78 is 28.9. The van der Waals surface area contributed by atoms with Crippen LogP contribution in [0.25, 0.3) is 0 Å². The highest BCUT2D eigenvalue weighted by Gasteiger charge is 2.23. The molecule has 8 heteroatoms. The lowest BCUT2D eigenvalue weighted by molar-refractivity contribution is 0.582. The minimum atomic E-state index is -3.78. The van der Waals surface area contributed by atoms with Gasteiger partial charge in [-0.3, -0.25) is 9.40 Å². The number of halogens is 2. The maximum atomic E-state index is 12.3. The summed E-state index contributed by atoms with van der Waals surface area (Å²) in [6.45, 7) is 1.88. The first-order valence-corrected chi connectivity index (χ1v) is 7.93. The molecule has 5 nitrogen and oxygen atoms in total. The first-order valence-electron chi connectivity index (χ1n) is 5.28. The second-order valence-electron chi connectivity index (χ2n) is 4.01. The van der Waals surface area contributed by atoms with Crippen molar-refractivity contribution in [2.75, 3.05) is 4.72 Å². The zero-order chi connectivity index (χ0) is 14.2. The number of hydrogen-bond donors (Lipinski definition) is 1. The third-order valence-corrected chi connectivity index (χ3v) is 5.03. The van der Waals surface area contributed by atoms with E-state index in [1.165, 1.54) is 17.9 Å². The Labute approximate surface area is 124 Å². The number of hydrogen-bond acceptors (Lipinski definition) is 3. The monoisotopic (exact) mass is 363 g/mol. The van der Waals surface area contributed by atoms with Crippen LogP contribution in [0.3, 0.4) is 0 Å². The van der Waals surface area contributed by atoms with Gasteiger partial charge in [0.25, 0.3) is 10.0 Å². The van der Waals surface area contributed by atoms with Gasteiger partial charge in [-0.05, 0) is 40.5 Å². The maximum absolute atomic E-state index is 12.3. The lowest BCUT2D eigenvalue weighted by Gasteiger charge is -2.11. The van der Waals surface area contributed by atoms with Gasteiger partial charge in [0.1, 0.15) is 0 Å². The topological polar surface area (TPSA) is 64.0 Å². The van der Waals surface area contributed by atoms with Crippen LogP contribution in [0.1, 0.15) is 5.56 Å². The van der Waals surface area contributed by atoms with Gasteiger partial charge in [-0.2, -0.15) is 13.5 Å². The maximum Gasteiger partial charge on any atom is 0.280 e. The molecule has 1 aromatic carbocycles. The van der Waals surface area contributed by atoms with Gasteiger partial charge < -0.3 is 0 Å². The molecule has 0 radical (unpaired) electrons. The summed E-state index contributed by atoms with van der Waals surface area (Å²) in [6, 6.07) is 5.38. The van der Waals surface area contributed by atoms with Crippen molar-refractivity contribution in [3.05, 3.63) is 39.5 Å². The summed E-state index contributed by atoms with van der Waals surface area (Å²) in [6.07, 6.45) is 1.29. The van der Waals surface area contributed by atoms with Gasteiger partial charge in [-0.25, -0.2) is 0 Å². The Kier molecular flexibility index (Phi) is 3.89. The molecule has 0 aliphatic carbocycles. The smallest absolute Gasteiger partial charge is 0.277 e. The van der Waals surface area contributed by atoms with Crippen molar-refractivity contribution >= 4 is 43.2 Å². The van der Waals surface area contributed by atoms with E-state index in [9.17, 15) is 8.42 Å². The predicted octanol–water partition coefficient (Wildman–Crippen LogP) is 2.95.